The number of thiophene rings is 1. The lowest BCUT2D eigenvalue weighted by Crippen LogP contribution is -2.53. The van der Waals surface area contributed by atoms with Gasteiger partial charge in [-0.15, -0.1) is 0 Å². The molecule has 1 aliphatic heterocycles. The molecule has 7 heteroatoms. The van der Waals surface area contributed by atoms with Crippen LogP contribution in [-0.4, -0.2) is 57.2 Å². The normalized spacial score (nSPS) is 19.2. The monoisotopic (exact) mass is 343 g/mol. The van der Waals surface area contributed by atoms with Gasteiger partial charge in [0.2, 0.25) is 0 Å². The Bertz CT molecular complexity index is 787. The number of nitrogens with one attached hydrogen (secondary N) is 1. The van der Waals surface area contributed by atoms with Crippen molar-refractivity contribution in [2.45, 2.75) is 19.0 Å². The van der Waals surface area contributed by atoms with E-state index in [1.807, 2.05) is 12.3 Å². The lowest BCUT2D eigenvalue weighted by molar-refractivity contribution is 0.135. The average molecular weight is 343 g/mol. The number of piperazine rings is 1. The van der Waals surface area contributed by atoms with Crippen molar-refractivity contribution in [3.05, 3.63) is 41.0 Å². The molecule has 0 aliphatic carbocycles. The summed E-state index contributed by atoms with van der Waals surface area (Å²) in [6.07, 6.45) is 4.30. The molecule has 3 aromatic rings. The van der Waals surface area contributed by atoms with Crippen LogP contribution < -0.4 is 4.90 Å². The number of hydrogen-bond donors (Lipinski definition) is 2. The molecular formula is C17H21N5OS. The van der Waals surface area contributed by atoms with Crippen LogP contribution in [0.5, 0.6) is 0 Å². The van der Waals surface area contributed by atoms with Gasteiger partial charge in [0.15, 0.2) is 0 Å². The molecule has 0 unspecified atom stereocenters. The summed E-state index contributed by atoms with van der Waals surface area (Å²) in [5.74, 6) is 0.986. The van der Waals surface area contributed by atoms with Crippen molar-refractivity contribution in [3.63, 3.8) is 0 Å². The van der Waals surface area contributed by atoms with Gasteiger partial charge in [-0.2, -0.15) is 11.3 Å². The Hall–Kier alpha value is -1.96. The van der Waals surface area contributed by atoms with E-state index < -0.39 is 0 Å². The quantitative estimate of drug-likeness (QED) is 0.742. The summed E-state index contributed by atoms with van der Waals surface area (Å²) in [6.45, 7) is 3.94. The lowest BCUT2D eigenvalue weighted by Gasteiger charge is -2.42. The van der Waals surface area contributed by atoms with Gasteiger partial charge in [-0.1, -0.05) is 0 Å². The molecule has 1 aliphatic rings. The molecular weight excluding hydrogens is 322 g/mol. The van der Waals surface area contributed by atoms with Gasteiger partial charge in [-0.3, -0.25) is 4.90 Å². The zero-order valence-corrected chi connectivity index (χ0v) is 14.2. The van der Waals surface area contributed by atoms with Crippen molar-refractivity contribution in [1.29, 1.82) is 0 Å². The van der Waals surface area contributed by atoms with E-state index in [0.717, 1.165) is 49.5 Å². The first-order chi connectivity index (χ1) is 11.8. The lowest BCUT2D eigenvalue weighted by atomic mass is 10.1. The van der Waals surface area contributed by atoms with Gasteiger partial charge in [0.25, 0.3) is 0 Å². The van der Waals surface area contributed by atoms with E-state index in [4.69, 9.17) is 0 Å². The maximum absolute atomic E-state index is 9.48. The topological polar surface area (TPSA) is 68.3 Å². The van der Waals surface area contributed by atoms with Crippen LogP contribution in [0.1, 0.15) is 12.0 Å². The molecule has 6 nitrogen and oxygen atoms in total. The Morgan fingerprint density at radius 2 is 2.25 bits per heavy atom. The Labute approximate surface area is 144 Å². The number of hydrogen-bond acceptors (Lipinski definition) is 6. The predicted octanol–water partition coefficient (Wildman–Crippen LogP) is 2.09. The highest BCUT2D eigenvalue weighted by Gasteiger charge is 2.28. The molecule has 0 saturated carbocycles. The molecule has 0 bridgehead atoms. The number of anilines is 1. The number of aliphatic hydroxyl groups excluding tert-OH is 1. The second kappa shape index (κ2) is 6.88. The maximum Gasteiger partial charge on any atom is 0.142 e. The summed E-state index contributed by atoms with van der Waals surface area (Å²) in [6, 6.07) is 4.54. The molecule has 0 radical (unpaired) electrons. The fourth-order valence-corrected chi connectivity index (χ4v) is 4.10. The minimum Gasteiger partial charge on any atom is -0.396 e. The Morgan fingerprint density at radius 3 is 3.08 bits per heavy atom. The largest absolute Gasteiger partial charge is 0.396 e. The first-order valence-electron chi connectivity index (χ1n) is 8.24. The molecule has 4 heterocycles. The van der Waals surface area contributed by atoms with Crippen LogP contribution in [-0.2, 0) is 6.54 Å². The summed E-state index contributed by atoms with van der Waals surface area (Å²) in [4.78, 5) is 16.7. The Balaban J connectivity index is 1.54. The van der Waals surface area contributed by atoms with Crippen LogP contribution in [0.4, 0.5) is 5.82 Å². The summed E-state index contributed by atoms with van der Waals surface area (Å²) in [5.41, 5.74) is 2.23. The van der Waals surface area contributed by atoms with Gasteiger partial charge in [-0.05, 0) is 34.9 Å². The number of H-pyrrole nitrogens is 1. The van der Waals surface area contributed by atoms with Crippen LogP contribution in [0, 0.1) is 0 Å². The first-order valence-corrected chi connectivity index (χ1v) is 9.18. The molecule has 126 valence electrons. The number of rotatable bonds is 5. The van der Waals surface area contributed by atoms with Crippen molar-refractivity contribution in [2.75, 3.05) is 31.1 Å². The second-order valence-corrected chi connectivity index (χ2v) is 6.93. The van der Waals surface area contributed by atoms with E-state index in [2.05, 4.69) is 41.6 Å². The SMILES string of the molecule is OCC[C@H]1CN(c2ncnc3[nH]ccc23)CCN1Cc1ccsc1. The number of aromatic amines is 1. The van der Waals surface area contributed by atoms with Crippen LogP contribution in [0.3, 0.4) is 0 Å². The smallest absolute Gasteiger partial charge is 0.142 e. The third kappa shape index (κ3) is 3.02. The van der Waals surface area contributed by atoms with Crippen molar-refractivity contribution in [1.82, 2.24) is 19.9 Å². The fourth-order valence-electron chi connectivity index (χ4n) is 3.44. The molecule has 3 aromatic heterocycles. The molecule has 0 aromatic carbocycles. The molecule has 4 rings (SSSR count). The molecule has 24 heavy (non-hydrogen) atoms. The van der Waals surface area contributed by atoms with Crippen LogP contribution in [0.25, 0.3) is 11.0 Å². The third-order valence-electron chi connectivity index (χ3n) is 4.67. The number of aliphatic hydroxyl groups is 1. The highest BCUT2D eigenvalue weighted by molar-refractivity contribution is 7.07. The predicted molar refractivity (Wildman–Crippen MR) is 96.3 cm³/mol. The number of aromatic nitrogens is 3. The summed E-state index contributed by atoms with van der Waals surface area (Å²) >= 11 is 1.74. The highest BCUT2D eigenvalue weighted by atomic mass is 32.1. The van der Waals surface area contributed by atoms with Crippen molar-refractivity contribution < 1.29 is 5.11 Å². The van der Waals surface area contributed by atoms with Gasteiger partial charge in [0, 0.05) is 45.0 Å². The zero-order chi connectivity index (χ0) is 16.4. The molecule has 2 N–H and O–H groups in total. The Morgan fingerprint density at radius 1 is 1.29 bits per heavy atom. The summed E-state index contributed by atoms with van der Waals surface area (Å²) < 4.78 is 0. The average Bonchev–Trinajstić information content (AvgIpc) is 3.27. The van der Waals surface area contributed by atoms with Crippen molar-refractivity contribution in [2.24, 2.45) is 0 Å². The summed E-state index contributed by atoms with van der Waals surface area (Å²) in [7, 11) is 0. The van der Waals surface area contributed by atoms with E-state index in [0.29, 0.717) is 6.04 Å². The molecule has 0 spiro atoms. The minimum atomic E-state index is 0.210. The van der Waals surface area contributed by atoms with Crippen LogP contribution in [0.15, 0.2) is 35.4 Å². The zero-order valence-electron chi connectivity index (χ0n) is 13.4. The van der Waals surface area contributed by atoms with Gasteiger partial charge < -0.3 is 15.0 Å². The number of fused-ring (bicyclic) bond motifs is 1. The van der Waals surface area contributed by atoms with Gasteiger partial charge in [-0.25, -0.2) is 9.97 Å². The van der Waals surface area contributed by atoms with E-state index in [1.165, 1.54) is 5.56 Å². The van der Waals surface area contributed by atoms with E-state index in [9.17, 15) is 5.11 Å². The maximum atomic E-state index is 9.48. The minimum absolute atomic E-state index is 0.210. The molecule has 1 fully saturated rings. The third-order valence-corrected chi connectivity index (χ3v) is 5.40. The van der Waals surface area contributed by atoms with Crippen molar-refractivity contribution in [3.8, 4) is 0 Å². The standard InChI is InChI=1S/C17H21N5OS/c23-7-2-14-10-22(6-5-21(14)9-13-3-8-24-11-13)17-15-1-4-18-16(15)19-12-20-17/h1,3-4,8,11-12,14,23H,2,5-7,9-10H2,(H,18,19,20)/t14-/m0/s1. The summed E-state index contributed by atoms with van der Waals surface area (Å²) in [5, 5.41) is 14.9. The van der Waals surface area contributed by atoms with Crippen LogP contribution >= 0.6 is 11.3 Å². The molecule has 0 amide bonds. The van der Waals surface area contributed by atoms with Gasteiger partial charge >= 0.3 is 0 Å². The van der Waals surface area contributed by atoms with Crippen LogP contribution in [0.2, 0.25) is 0 Å². The van der Waals surface area contributed by atoms with E-state index in [1.54, 1.807) is 17.7 Å². The Kier molecular flexibility index (Phi) is 4.46. The highest BCUT2D eigenvalue weighted by Crippen LogP contribution is 2.26. The van der Waals surface area contributed by atoms with Crippen molar-refractivity contribution >= 4 is 28.2 Å². The van der Waals surface area contributed by atoms with Gasteiger partial charge in [0.05, 0.1) is 5.39 Å². The fraction of sp³-hybridized carbons (Fsp3) is 0.412. The first kappa shape index (κ1) is 15.6. The number of nitrogens with zero attached hydrogens (tertiary/aromatic N) is 4. The van der Waals surface area contributed by atoms with Gasteiger partial charge in [0.1, 0.15) is 17.8 Å². The van der Waals surface area contributed by atoms with E-state index in [-0.39, 0.29) is 6.61 Å². The molecule has 1 atom stereocenters. The molecule has 1 saturated heterocycles. The second-order valence-electron chi connectivity index (χ2n) is 6.15. The van der Waals surface area contributed by atoms with E-state index >= 15 is 0 Å².